The van der Waals surface area contributed by atoms with Gasteiger partial charge in [-0.1, -0.05) is 19.1 Å². The van der Waals surface area contributed by atoms with Crippen molar-refractivity contribution in [1.29, 1.82) is 0 Å². The van der Waals surface area contributed by atoms with E-state index in [0.29, 0.717) is 0 Å². The third-order valence-electron chi connectivity index (χ3n) is 3.53. The van der Waals surface area contributed by atoms with E-state index in [4.69, 9.17) is 4.74 Å². The summed E-state index contributed by atoms with van der Waals surface area (Å²) in [5.41, 5.74) is -1.57. The maximum absolute atomic E-state index is 13.0. The lowest BCUT2D eigenvalue weighted by atomic mass is 10.1. The smallest absolute Gasteiger partial charge is 0.418 e. The monoisotopic (exact) mass is 402 g/mol. The Morgan fingerprint density at radius 3 is 2.41 bits per heavy atom. The van der Waals surface area contributed by atoms with Crippen molar-refractivity contribution in [2.24, 2.45) is 0 Å². The molecule has 2 N–H and O–H groups in total. The number of hydrogen-bond donors (Lipinski definition) is 2. The number of amides is 1. The van der Waals surface area contributed by atoms with Crippen molar-refractivity contribution < 1.29 is 31.1 Å². The number of sulfonamides is 1. The van der Waals surface area contributed by atoms with Gasteiger partial charge in [-0.05, 0) is 30.3 Å². The number of halogens is 3. The van der Waals surface area contributed by atoms with Gasteiger partial charge in [-0.3, -0.25) is 4.79 Å². The number of carbonyl (C=O) groups is 1. The molecule has 0 bridgehead atoms. The van der Waals surface area contributed by atoms with Crippen LogP contribution in [0.25, 0.3) is 0 Å². The number of ether oxygens (including phenoxy) is 1. The second kappa shape index (κ2) is 7.97. The molecule has 0 aromatic heterocycles. The lowest BCUT2D eigenvalue weighted by Crippen LogP contribution is -2.24. The number of methoxy groups -OCH3 is 1. The van der Waals surface area contributed by atoms with Crippen LogP contribution in [0.15, 0.2) is 47.4 Å². The first-order valence-corrected chi connectivity index (χ1v) is 9.23. The molecule has 0 atom stereocenters. The van der Waals surface area contributed by atoms with E-state index in [-0.39, 0.29) is 22.8 Å². The van der Waals surface area contributed by atoms with Gasteiger partial charge < -0.3 is 10.1 Å². The Morgan fingerprint density at radius 2 is 1.81 bits per heavy atom. The lowest BCUT2D eigenvalue weighted by Gasteiger charge is -2.15. The summed E-state index contributed by atoms with van der Waals surface area (Å²) in [6.45, 7) is 1.69. The Balaban J connectivity index is 2.42. The summed E-state index contributed by atoms with van der Waals surface area (Å²) in [6, 6.07) is 8.06. The molecule has 27 heavy (non-hydrogen) atoms. The van der Waals surface area contributed by atoms with Crippen LogP contribution in [0.4, 0.5) is 18.9 Å². The van der Waals surface area contributed by atoms with E-state index in [9.17, 15) is 26.4 Å². The molecule has 1 amide bonds. The summed E-state index contributed by atoms with van der Waals surface area (Å²) >= 11 is 0. The summed E-state index contributed by atoms with van der Waals surface area (Å²) in [5.74, 6) is -0.884. The van der Waals surface area contributed by atoms with Gasteiger partial charge in [0.05, 0.1) is 18.4 Å². The second-order valence-corrected chi connectivity index (χ2v) is 7.10. The summed E-state index contributed by atoms with van der Waals surface area (Å²) in [4.78, 5) is 12.1. The number of nitrogens with one attached hydrogen (secondary N) is 2. The molecule has 0 aliphatic carbocycles. The van der Waals surface area contributed by atoms with Crippen molar-refractivity contribution in [3.8, 4) is 5.75 Å². The van der Waals surface area contributed by atoms with Gasteiger partial charge in [-0.25, -0.2) is 13.1 Å². The van der Waals surface area contributed by atoms with Crippen LogP contribution in [-0.4, -0.2) is 28.0 Å². The molecule has 146 valence electrons. The number of carbonyl (C=O) groups excluding carboxylic acids is 1. The number of para-hydroxylation sites is 1. The molecule has 0 radical (unpaired) electrons. The van der Waals surface area contributed by atoms with Gasteiger partial charge in [0.2, 0.25) is 10.0 Å². The SMILES string of the molecule is CCNS(=O)(=O)c1cc(C(=O)Nc2ccccc2C(F)(F)F)ccc1OC. The highest BCUT2D eigenvalue weighted by Crippen LogP contribution is 2.35. The molecule has 0 heterocycles. The zero-order chi connectivity index (χ0) is 20.2. The highest BCUT2D eigenvalue weighted by molar-refractivity contribution is 7.89. The quantitative estimate of drug-likeness (QED) is 0.777. The molecular formula is C17H17F3N2O4S. The Morgan fingerprint density at radius 1 is 1.15 bits per heavy atom. The van der Waals surface area contributed by atoms with E-state index in [1.54, 1.807) is 6.92 Å². The van der Waals surface area contributed by atoms with Gasteiger partial charge in [-0.15, -0.1) is 0 Å². The summed E-state index contributed by atoms with van der Waals surface area (Å²) in [5, 5.41) is 2.17. The minimum Gasteiger partial charge on any atom is -0.495 e. The van der Waals surface area contributed by atoms with E-state index in [0.717, 1.165) is 18.2 Å². The van der Waals surface area contributed by atoms with Crippen LogP contribution in [0.3, 0.4) is 0 Å². The first-order chi connectivity index (χ1) is 12.6. The topological polar surface area (TPSA) is 84.5 Å². The van der Waals surface area contributed by atoms with E-state index in [2.05, 4.69) is 10.0 Å². The minimum absolute atomic E-state index is 0.00296. The molecule has 6 nitrogen and oxygen atoms in total. The summed E-state index contributed by atoms with van der Waals surface area (Å²) in [7, 11) is -2.68. The summed E-state index contributed by atoms with van der Waals surface area (Å²) < 4.78 is 70.9. The van der Waals surface area contributed by atoms with Crippen molar-refractivity contribution >= 4 is 21.6 Å². The van der Waals surface area contributed by atoms with Crippen molar-refractivity contribution in [3.63, 3.8) is 0 Å². The number of hydrogen-bond acceptors (Lipinski definition) is 4. The highest BCUT2D eigenvalue weighted by atomic mass is 32.2. The fraction of sp³-hybridized carbons (Fsp3) is 0.235. The fourth-order valence-electron chi connectivity index (χ4n) is 2.33. The zero-order valence-electron chi connectivity index (χ0n) is 14.4. The molecule has 0 unspecified atom stereocenters. The number of rotatable bonds is 6. The van der Waals surface area contributed by atoms with E-state index in [1.807, 2.05) is 0 Å². The van der Waals surface area contributed by atoms with Crippen LogP contribution in [0, 0.1) is 0 Å². The molecule has 2 rings (SSSR count). The fourth-order valence-corrected chi connectivity index (χ4v) is 3.56. The van der Waals surface area contributed by atoms with Crippen LogP contribution in [0.1, 0.15) is 22.8 Å². The molecule has 0 saturated heterocycles. The molecule has 0 aliphatic rings. The Bertz CT molecular complexity index is 943. The van der Waals surface area contributed by atoms with Gasteiger partial charge in [0, 0.05) is 12.1 Å². The normalized spacial score (nSPS) is 11.9. The third-order valence-corrected chi connectivity index (χ3v) is 5.10. The molecular weight excluding hydrogens is 385 g/mol. The predicted molar refractivity (Wildman–Crippen MR) is 93.3 cm³/mol. The summed E-state index contributed by atoms with van der Waals surface area (Å²) in [6.07, 6.45) is -4.65. The van der Waals surface area contributed by atoms with Crippen LogP contribution in [0.5, 0.6) is 5.75 Å². The zero-order valence-corrected chi connectivity index (χ0v) is 15.2. The van der Waals surface area contributed by atoms with Crippen molar-refractivity contribution in [2.45, 2.75) is 18.0 Å². The van der Waals surface area contributed by atoms with Gasteiger partial charge in [0.25, 0.3) is 5.91 Å². The standard InChI is InChI=1S/C17H17F3N2O4S/c1-3-21-27(24,25)15-10-11(8-9-14(15)26-2)16(23)22-13-7-5-4-6-12(13)17(18,19)20/h4-10,21H,3H2,1-2H3,(H,22,23). The number of alkyl halides is 3. The van der Waals surface area contributed by atoms with E-state index in [1.165, 1.54) is 31.4 Å². The van der Waals surface area contributed by atoms with Crippen LogP contribution >= 0.6 is 0 Å². The van der Waals surface area contributed by atoms with Crippen molar-refractivity contribution in [3.05, 3.63) is 53.6 Å². The minimum atomic E-state index is -4.65. The highest BCUT2D eigenvalue weighted by Gasteiger charge is 2.33. The average Bonchev–Trinajstić information content (AvgIpc) is 2.60. The molecule has 2 aromatic rings. The average molecular weight is 402 g/mol. The van der Waals surface area contributed by atoms with Gasteiger partial charge >= 0.3 is 6.18 Å². The van der Waals surface area contributed by atoms with Gasteiger partial charge in [-0.2, -0.15) is 13.2 Å². The Hall–Kier alpha value is -2.59. The first-order valence-electron chi connectivity index (χ1n) is 7.75. The lowest BCUT2D eigenvalue weighted by molar-refractivity contribution is -0.136. The van der Waals surface area contributed by atoms with E-state index < -0.39 is 33.4 Å². The largest absolute Gasteiger partial charge is 0.495 e. The van der Waals surface area contributed by atoms with Crippen molar-refractivity contribution in [1.82, 2.24) is 4.72 Å². The molecule has 0 spiro atoms. The maximum atomic E-state index is 13.0. The number of benzene rings is 2. The molecule has 0 saturated carbocycles. The molecule has 10 heteroatoms. The third kappa shape index (κ3) is 4.77. The maximum Gasteiger partial charge on any atom is 0.418 e. The first kappa shape index (κ1) is 20.7. The second-order valence-electron chi connectivity index (χ2n) is 5.36. The molecule has 0 fully saturated rings. The van der Waals surface area contributed by atoms with E-state index >= 15 is 0 Å². The molecule has 0 aliphatic heterocycles. The number of anilines is 1. The van der Waals surface area contributed by atoms with Gasteiger partial charge in [0.15, 0.2) is 0 Å². The van der Waals surface area contributed by atoms with Gasteiger partial charge in [0.1, 0.15) is 10.6 Å². The molecule has 2 aromatic carbocycles. The van der Waals surface area contributed by atoms with Crippen molar-refractivity contribution in [2.75, 3.05) is 19.0 Å². The predicted octanol–water partition coefficient (Wildman–Crippen LogP) is 3.26. The Labute approximate surface area is 154 Å². The van der Waals surface area contributed by atoms with Crippen LogP contribution in [0.2, 0.25) is 0 Å². The Kier molecular flexibility index (Phi) is 6.11. The van der Waals surface area contributed by atoms with Crippen LogP contribution < -0.4 is 14.8 Å². The van der Waals surface area contributed by atoms with Crippen LogP contribution in [-0.2, 0) is 16.2 Å².